The van der Waals surface area contributed by atoms with Crippen molar-refractivity contribution in [3.8, 4) is 0 Å². The van der Waals surface area contributed by atoms with Gasteiger partial charge in [0.05, 0.1) is 22.0 Å². The van der Waals surface area contributed by atoms with Gasteiger partial charge in [0.15, 0.2) is 5.84 Å². The van der Waals surface area contributed by atoms with Gasteiger partial charge in [0, 0.05) is 25.7 Å². The Balaban J connectivity index is 2.20. The van der Waals surface area contributed by atoms with Crippen LogP contribution in [0.5, 0.6) is 0 Å². The van der Waals surface area contributed by atoms with Gasteiger partial charge < -0.3 is 9.80 Å². The standard InChI is InChI=1S/C25H26ClF3N4/c1-6-14-32-17(2)18(3)33(16-20-10-8-7-9-11-20)24(30-31(5)19(32)4)21-12-13-23(26)22(15-21)25(27,28)29/h7-13,15H,2-4,6,14,16H2,1,5H3/b30-24-. The number of hydrogen-bond acceptors (Lipinski definition) is 4. The third-order valence-electron chi connectivity index (χ3n) is 5.33. The van der Waals surface area contributed by atoms with Crippen LogP contribution in [-0.2, 0) is 12.7 Å². The first-order valence-electron chi connectivity index (χ1n) is 10.4. The summed E-state index contributed by atoms with van der Waals surface area (Å²) in [6.45, 7) is 15.6. The molecule has 0 bridgehead atoms. The van der Waals surface area contributed by atoms with Crippen molar-refractivity contribution in [2.75, 3.05) is 13.6 Å². The highest BCUT2D eigenvalue weighted by Gasteiger charge is 2.35. The summed E-state index contributed by atoms with van der Waals surface area (Å²) in [4.78, 5) is 3.68. The molecule has 0 atom stereocenters. The van der Waals surface area contributed by atoms with Gasteiger partial charge in [0.25, 0.3) is 0 Å². The van der Waals surface area contributed by atoms with Crippen molar-refractivity contribution in [3.05, 3.63) is 107 Å². The third kappa shape index (κ3) is 5.25. The Morgan fingerprint density at radius 1 is 0.970 bits per heavy atom. The number of halogens is 4. The highest BCUT2D eigenvalue weighted by atomic mass is 35.5. The summed E-state index contributed by atoms with van der Waals surface area (Å²) < 4.78 is 40.8. The second-order valence-electron chi connectivity index (χ2n) is 7.67. The van der Waals surface area contributed by atoms with E-state index in [4.69, 9.17) is 11.6 Å². The zero-order valence-corrected chi connectivity index (χ0v) is 19.4. The molecule has 2 aromatic rings. The summed E-state index contributed by atoms with van der Waals surface area (Å²) in [6.07, 6.45) is -3.77. The van der Waals surface area contributed by atoms with Crippen molar-refractivity contribution < 1.29 is 13.2 Å². The topological polar surface area (TPSA) is 22.1 Å². The average Bonchev–Trinajstić information content (AvgIpc) is 2.78. The molecule has 0 fully saturated rings. The Labute approximate surface area is 197 Å². The Kier molecular flexibility index (Phi) is 7.22. The van der Waals surface area contributed by atoms with Crippen LogP contribution in [0.15, 0.2) is 90.6 Å². The molecule has 0 amide bonds. The summed E-state index contributed by atoms with van der Waals surface area (Å²) in [5.74, 6) is 0.830. The van der Waals surface area contributed by atoms with E-state index < -0.39 is 11.7 Å². The highest BCUT2D eigenvalue weighted by Crippen LogP contribution is 2.36. The first kappa shape index (κ1) is 24.5. The van der Waals surface area contributed by atoms with Crippen molar-refractivity contribution in [2.45, 2.75) is 26.1 Å². The largest absolute Gasteiger partial charge is 0.417 e. The van der Waals surface area contributed by atoms with Gasteiger partial charge in [-0.25, -0.2) is 0 Å². The molecule has 0 radical (unpaired) electrons. The van der Waals surface area contributed by atoms with Crippen LogP contribution in [0.1, 0.15) is 30.0 Å². The van der Waals surface area contributed by atoms with E-state index in [2.05, 4.69) is 24.8 Å². The Hall–Kier alpha value is -3.19. The Bertz CT molecular complexity index is 1090. The van der Waals surface area contributed by atoms with Gasteiger partial charge in [-0.05, 0) is 30.2 Å². The molecule has 0 aliphatic carbocycles. The van der Waals surface area contributed by atoms with Crippen molar-refractivity contribution in [1.29, 1.82) is 0 Å². The quantitative estimate of drug-likeness (QED) is 0.482. The SMILES string of the molecule is C=C1C(=C)N(Cc2ccccc2)/C(c2ccc(Cl)c(C(F)(F)F)c2)=N\N(C)C(=C)N1CCC. The van der Waals surface area contributed by atoms with Crippen molar-refractivity contribution in [3.63, 3.8) is 0 Å². The molecule has 0 spiro atoms. The number of amidine groups is 1. The maximum atomic E-state index is 13.6. The summed E-state index contributed by atoms with van der Waals surface area (Å²) >= 11 is 5.87. The molecule has 174 valence electrons. The molecule has 0 aromatic heterocycles. The lowest BCUT2D eigenvalue weighted by atomic mass is 10.1. The second kappa shape index (κ2) is 9.75. The van der Waals surface area contributed by atoms with Crippen LogP contribution in [0.3, 0.4) is 0 Å². The minimum Gasteiger partial charge on any atom is -0.326 e. The predicted octanol–water partition coefficient (Wildman–Crippen LogP) is 6.68. The zero-order chi connectivity index (χ0) is 24.3. The predicted molar refractivity (Wildman–Crippen MR) is 127 cm³/mol. The molecule has 0 saturated heterocycles. The van der Waals surface area contributed by atoms with E-state index in [-0.39, 0.29) is 16.4 Å². The Morgan fingerprint density at radius 2 is 1.61 bits per heavy atom. The smallest absolute Gasteiger partial charge is 0.326 e. The lowest BCUT2D eigenvalue weighted by Gasteiger charge is -2.40. The van der Waals surface area contributed by atoms with Gasteiger partial charge in [-0.3, -0.25) is 5.01 Å². The lowest BCUT2D eigenvalue weighted by molar-refractivity contribution is -0.137. The van der Waals surface area contributed by atoms with Gasteiger partial charge in [0.2, 0.25) is 0 Å². The summed E-state index contributed by atoms with van der Waals surface area (Å²) in [5.41, 5.74) is 1.38. The van der Waals surface area contributed by atoms with E-state index in [0.29, 0.717) is 30.3 Å². The van der Waals surface area contributed by atoms with Gasteiger partial charge in [-0.2, -0.15) is 18.3 Å². The summed E-state index contributed by atoms with van der Waals surface area (Å²) in [6, 6.07) is 13.3. The minimum atomic E-state index is -4.60. The number of hydrogen-bond donors (Lipinski definition) is 0. The van der Waals surface area contributed by atoms with Gasteiger partial charge in [-0.1, -0.05) is 68.6 Å². The van der Waals surface area contributed by atoms with Crippen molar-refractivity contribution in [2.24, 2.45) is 5.10 Å². The summed E-state index contributed by atoms with van der Waals surface area (Å²) in [5, 5.41) is 5.83. The number of rotatable bonds is 5. The van der Waals surface area contributed by atoms with Crippen LogP contribution in [0, 0.1) is 0 Å². The van der Waals surface area contributed by atoms with Crippen molar-refractivity contribution in [1.82, 2.24) is 14.8 Å². The van der Waals surface area contributed by atoms with Crippen LogP contribution in [0.2, 0.25) is 5.02 Å². The minimum absolute atomic E-state index is 0.250. The molecular weight excluding hydrogens is 449 g/mol. The monoisotopic (exact) mass is 474 g/mol. The molecule has 1 aliphatic rings. The van der Waals surface area contributed by atoms with Gasteiger partial charge in [0.1, 0.15) is 5.82 Å². The van der Waals surface area contributed by atoms with Crippen LogP contribution in [-0.4, -0.2) is 34.2 Å². The number of hydrazone groups is 1. The van der Waals surface area contributed by atoms with Crippen LogP contribution in [0.4, 0.5) is 13.2 Å². The fraction of sp³-hybridized carbons (Fsp3) is 0.240. The zero-order valence-electron chi connectivity index (χ0n) is 18.7. The summed E-state index contributed by atoms with van der Waals surface area (Å²) in [7, 11) is 1.70. The number of benzene rings is 2. The fourth-order valence-electron chi connectivity index (χ4n) is 3.54. The first-order valence-corrected chi connectivity index (χ1v) is 10.8. The van der Waals surface area contributed by atoms with Crippen LogP contribution >= 0.6 is 11.6 Å². The van der Waals surface area contributed by atoms with Crippen molar-refractivity contribution >= 4 is 17.4 Å². The molecule has 2 aromatic carbocycles. The number of nitrogens with zero attached hydrogens (tertiary/aromatic N) is 4. The molecule has 4 nitrogen and oxygen atoms in total. The molecule has 33 heavy (non-hydrogen) atoms. The second-order valence-corrected chi connectivity index (χ2v) is 8.08. The van der Waals surface area contributed by atoms with Gasteiger partial charge >= 0.3 is 6.18 Å². The van der Waals surface area contributed by atoms with E-state index in [1.165, 1.54) is 12.1 Å². The lowest BCUT2D eigenvalue weighted by Crippen LogP contribution is -2.41. The molecule has 0 unspecified atom stereocenters. The maximum Gasteiger partial charge on any atom is 0.417 e. The molecule has 1 heterocycles. The van der Waals surface area contributed by atoms with E-state index in [1.54, 1.807) is 17.0 Å². The number of alkyl halides is 3. The van der Waals surface area contributed by atoms with Crippen LogP contribution < -0.4 is 0 Å². The van der Waals surface area contributed by atoms with Gasteiger partial charge in [-0.15, -0.1) is 0 Å². The first-order chi connectivity index (χ1) is 15.5. The molecule has 3 rings (SSSR count). The molecule has 0 N–H and O–H groups in total. The van der Waals surface area contributed by atoms with E-state index in [1.807, 2.05) is 42.2 Å². The fourth-order valence-corrected chi connectivity index (χ4v) is 3.77. The molecule has 1 aliphatic heterocycles. The third-order valence-corrected chi connectivity index (χ3v) is 5.66. The van der Waals surface area contributed by atoms with E-state index in [9.17, 15) is 13.2 Å². The molecular formula is C25H26ClF3N4. The highest BCUT2D eigenvalue weighted by molar-refractivity contribution is 6.31. The van der Waals surface area contributed by atoms with E-state index >= 15 is 0 Å². The molecule has 0 saturated carbocycles. The van der Waals surface area contributed by atoms with E-state index in [0.717, 1.165) is 18.1 Å². The average molecular weight is 475 g/mol. The normalized spacial score (nSPS) is 17.1. The molecule has 8 heteroatoms. The maximum absolute atomic E-state index is 13.6. The van der Waals surface area contributed by atoms with Crippen LogP contribution in [0.25, 0.3) is 0 Å². The Morgan fingerprint density at radius 3 is 2.21 bits per heavy atom.